The van der Waals surface area contributed by atoms with Crippen LogP contribution in [0.1, 0.15) is 39.0 Å². The maximum Gasteiger partial charge on any atom is 0.0474 e. The predicted molar refractivity (Wildman–Crippen MR) is 68.8 cm³/mol. The quantitative estimate of drug-likeness (QED) is 0.673. The summed E-state index contributed by atoms with van der Waals surface area (Å²) in [5.74, 6) is 0. The molecule has 1 saturated heterocycles. The fraction of sp³-hybridized carbons (Fsp3) is 1.00. The van der Waals surface area contributed by atoms with Crippen LogP contribution in [0.3, 0.4) is 0 Å². The van der Waals surface area contributed by atoms with E-state index < -0.39 is 0 Å². The smallest absolute Gasteiger partial charge is 0.0474 e. The summed E-state index contributed by atoms with van der Waals surface area (Å²) >= 11 is 0. The topological polar surface area (TPSA) is 24.5 Å². The van der Waals surface area contributed by atoms with Crippen LogP contribution >= 0.6 is 0 Å². The highest BCUT2D eigenvalue weighted by Gasteiger charge is 2.17. The second-order valence-corrected chi connectivity index (χ2v) is 5.06. The largest absolute Gasteiger partial charge is 0.385 e. The van der Waals surface area contributed by atoms with Crippen LogP contribution in [0.4, 0.5) is 0 Å². The molecule has 0 aromatic rings. The van der Waals surface area contributed by atoms with E-state index in [1.165, 1.54) is 32.2 Å². The van der Waals surface area contributed by atoms with Gasteiger partial charge in [0.05, 0.1) is 0 Å². The Hall–Kier alpha value is -0.120. The van der Waals surface area contributed by atoms with Crippen LogP contribution in [-0.4, -0.2) is 50.8 Å². The molecule has 1 fully saturated rings. The average molecular weight is 228 g/mol. The number of nitrogens with zero attached hydrogens (tertiary/aromatic N) is 1. The Morgan fingerprint density at radius 3 is 2.88 bits per heavy atom. The van der Waals surface area contributed by atoms with Crippen molar-refractivity contribution in [1.82, 2.24) is 10.2 Å². The van der Waals surface area contributed by atoms with Gasteiger partial charge < -0.3 is 15.0 Å². The van der Waals surface area contributed by atoms with Crippen molar-refractivity contribution in [3.63, 3.8) is 0 Å². The molecule has 0 saturated carbocycles. The molecule has 0 aliphatic carbocycles. The molecule has 1 N–H and O–H groups in total. The molecule has 0 radical (unpaired) electrons. The van der Waals surface area contributed by atoms with E-state index in [2.05, 4.69) is 24.2 Å². The predicted octanol–water partition coefficient (Wildman–Crippen LogP) is 1.88. The summed E-state index contributed by atoms with van der Waals surface area (Å²) in [7, 11) is 4.00. The Kier molecular flexibility index (Phi) is 7.01. The molecule has 1 aliphatic rings. The maximum atomic E-state index is 5.08. The summed E-state index contributed by atoms with van der Waals surface area (Å²) in [6.45, 7) is 5.56. The molecule has 2 unspecified atom stereocenters. The normalized spacial score (nSPS) is 23.6. The number of hydrogen-bond donors (Lipinski definition) is 1. The van der Waals surface area contributed by atoms with Crippen molar-refractivity contribution in [1.29, 1.82) is 0 Å². The highest BCUT2D eigenvalue weighted by atomic mass is 16.5. The van der Waals surface area contributed by atoms with Gasteiger partial charge in [0.25, 0.3) is 0 Å². The van der Waals surface area contributed by atoms with Crippen LogP contribution in [-0.2, 0) is 4.74 Å². The first kappa shape index (κ1) is 13.9. The molecule has 2 atom stereocenters. The van der Waals surface area contributed by atoms with Crippen LogP contribution in [0, 0.1) is 0 Å². The second-order valence-electron chi connectivity index (χ2n) is 5.06. The molecule has 0 bridgehead atoms. The van der Waals surface area contributed by atoms with E-state index >= 15 is 0 Å². The zero-order chi connectivity index (χ0) is 11.8. The Balaban J connectivity index is 2.14. The number of hydrogen-bond acceptors (Lipinski definition) is 3. The van der Waals surface area contributed by atoms with Gasteiger partial charge in [-0.1, -0.05) is 6.42 Å². The lowest BCUT2D eigenvalue weighted by Crippen LogP contribution is -2.40. The standard InChI is InChI=1S/C13H28N2O/c1-12(15(2)9-6-10-16-3)11-13-7-4-5-8-14-13/h12-14H,4-11H2,1-3H3. The van der Waals surface area contributed by atoms with E-state index in [0.717, 1.165) is 25.6 Å². The van der Waals surface area contributed by atoms with E-state index in [9.17, 15) is 0 Å². The Bertz CT molecular complexity index is 169. The van der Waals surface area contributed by atoms with Crippen molar-refractivity contribution >= 4 is 0 Å². The van der Waals surface area contributed by atoms with Crippen molar-refractivity contribution < 1.29 is 4.74 Å². The third-order valence-corrected chi connectivity index (χ3v) is 3.65. The summed E-state index contributed by atoms with van der Waals surface area (Å²) in [4.78, 5) is 2.45. The first-order valence-electron chi connectivity index (χ1n) is 6.66. The minimum atomic E-state index is 0.674. The summed E-state index contributed by atoms with van der Waals surface area (Å²) in [6.07, 6.45) is 6.53. The maximum absolute atomic E-state index is 5.08. The fourth-order valence-electron chi connectivity index (χ4n) is 2.40. The minimum absolute atomic E-state index is 0.674. The minimum Gasteiger partial charge on any atom is -0.385 e. The van der Waals surface area contributed by atoms with Crippen molar-refractivity contribution in [3.05, 3.63) is 0 Å². The van der Waals surface area contributed by atoms with Gasteiger partial charge in [0.2, 0.25) is 0 Å². The fourth-order valence-corrected chi connectivity index (χ4v) is 2.40. The lowest BCUT2D eigenvalue weighted by Gasteiger charge is -2.31. The van der Waals surface area contributed by atoms with Gasteiger partial charge in [-0.25, -0.2) is 0 Å². The highest BCUT2D eigenvalue weighted by Crippen LogP contribution is 2.14. The van der Waals surface area contributed by atoms with Crippen molar-refractivity contribution in [2.45, 2.75) is 51.1 Å². The number of piperidine rings is 1. The van der Waals surface area contributed by atoms with Crippen molar-refractivity contribution in [3.8, 4) is 0 Å². The molecule has 0 spiro atoms. The van der Waals surface area contributed by atoms with Crippen molar-refractivity contribution in [2.24, 2.45) is 0 Å². The molecule has 0 aromatic carbocycles. The number of methoxy groups -OCH3 is 1. The summed E-state index contributed by atoms with van der Waals surface area (Å²) in [6, 6.07) is 1.42. The molecule has 0 aromatic heterocycles. The van der Waals surface area contributed by atoms with Gasteiger partial charge >= 0.3 is 0 Å². The van der Waals surface area contributed by atoms with E-state index in [0.29, 0.717) is 6.04 Å². The van der Waals surface area contributed by atoms with Gasteiger partial charge in [0.15, 0.2) is 0 Å². The van der Waals surface area contributed by atoms with Crippen LogP contribution < -0.4 is 5.32 Å². The monoisotopic (exact) mass is 228 g/mol. The Morgan fingerprint density at radius 2 is 2.25 bits per heavy atom. The highest BCUT2D eigenvalue weighted by molar-refractivity contribution is 4.77. The van der Waals surface area contributed by atoms with E-state index in [4.69, 9.17) is 4.74 Å². The first-order valence-corrected chi connectivity index (χ1v) is 6.66. The molecule has 3 heteroatoms. The molecule has 16 heavy (non-hydrogen) atoms. The molecular weight excluding hydrogens is 200 g/mol. The molecule has 1 aliphatic heterocycles. The molecule has 1 rings (SSSR count). The average Bonchev–Trinajstić information content (AvgIpc) is 2.30. The van der Waals surface area contributed by atoms with Crippen LogP contribution in [0.25, 0.3) is 0 Å². The van der Waals surface area contributed by atoms with Crippen LogP contribution in [0.5, 0.6) is 0 Å². The van der Waals surface area contributed by atoms with Gasteiger partial charge in [0.1, 0.15) is 0 Å². The van der Waals surface area contributed by atoms with Gasteiger partial charge in [-0.05, 0) is 46.2 Å². The van der Waals surface area contributed by atoms with Crippen LogP contribution in [0.2, 0.25) is 0 Å². The van der Waals surface area contributed by atoms with Gasteiger partial charge in [-0.2, -0.15) is 0 Å². The molecule has 3 nitrogen and oxygen atoms in total. The second kappa shape index (κ2) is 8.04. The third-order valence-electron chi connectivity index (χ3n) is 3.65. The summed E-state index contributed by atoms with van der Waals surface area (Å²) < 4.78 is 5.08. The summed E-state index contributed by atoms with van der Waals surface area (Å²) in [5.41, 5.74) is 0. The lowest BCUT2D eigenvalue weighted by atomic mass is 9.98. The van der Waals surface area contributed by atoms with Gasteiger partial charge in [-0.15, -0.1) is 0 Å². The first-order chi connectivity index (χ1) is 7.74. The van der Waals surface area contributed by atoms with Gasteiger partial charge in [-0.3, -0.25) is 0 Å². The molecule has 1 heterocycles. The number of rotatable bonds is 7. The molecule has 0 amide bonds. The van der Waals surface area contributed by atoms with E-state index in [-0.39, 0.29) is 0 Å². The Labute approximate surface area is 101 Å². The molecule has 96 valence electrons. The number of nitrogens with one attached hydrogen (secondary N) is 1. The molecular formula is C13H28N2O. The van der Waals surface area contributed by atoms with Crippen LogP contribution in [0.15, 0.2) is 0 Å². The lowest BCUT2D eigenvalue weighted by molar-refractivity contribution is 0.160. The van der Waals surface area contributed by atoms with E-state index in [1.54, 1.807) is 7.11 Å². The van der Waals surface area contributed by atoms with Gasteiger partial charge in [0, 0.05) is 32.3 Å². The zero-order valence-corrected chi connectivity index (χ0v) is 11.2. The van der Waals surface area contributed by atoms with Crippen molar-refractivity contribution in [2.75, 3.05) is 33.9 Å². The third kappa shape index (κ3) is 5.28. The van der Waals surface area contributed by atoms with E-state index in [1.807, 2.05) is 0 Å². The zero-order valence-electron chi connectivity index (χ0n) is 11.2. The Morgan fingerprint density at radius 1 is 1.44 bits per heavy atom. The SMILES string of the molecule is COCCCN(C)C(C)CC1CCCCN1. The summed E-state index contributed by atoms with van der Waals surface area (Å²) in [5, 5.41) is 3.62. The number of ether oxygens (including phenoxy) is 1.